The van der Waals surface area contributed by atoms with E-state index in [1.54, 1.807) is 0 Å². The third-order valence-corrected chi connectivity index (χ3v) is 5.00. The smallest absolute Gasteiger partial charge is 0.315 e. The van der Waals surface area contributed by atoms with E-state index < -0.39 is 0 Å². The van der Waals surface area contributed by atoms with Crippen LogP contribution in [0.15, 0.2) is 0 Å². The molecule has 4 unspecified atom stereocenters. The zero-order chi connectivity index (χ0) is 13.9. The largest absolute Gasteiger partial charge is 0.396 e. The monoisotopic (exact) mass is 282 g/mol. The number of hydrogen-bond acceptors (Lipinski definition) is 3. The quantitative estimate of drug-likeness (QED) is 0.730. The number of carbonyl (C=O) groups is 1. The normalized spacial score (nSPS) is 37.6. The SMILES string of the molecule is O=C(NC1CCCCC1CO)NC1CCOC1C1CC1. The van der Waals surface area contributed by atoms with Crippen LogP contribution in [0.4, 0.5) is 4.79 Å². The van der Waals surface area contributed by atoms with E-state index in [2.05, 4.69) is 10.6 Å². The molecule has 3 aliphatic rings. The van der Waals surface area contributed by atoms with Crippen LogP contribution >= 0.6 is 0 Å². The van der Waals surface area contributed by atoms with Gasteiger partial charge < -0.3 is 20.5 Å². The summed E-state index contributed by atoms with van der Waals surface area (Å²) in [6.45, 7) is 0.928. The molecule has 0 radical (unpaired) electrons. The van der Waals surface area contributed by atoms with Crippen molar-refractivity contribution in [2.75, 3.05) is 13.2 Å². The van der Waals surface area contributed by atoms with Gasteiger partial charge in [0, 0.05) is 25.2 Å². The van der Waals surface area contributed by atoms with Crippen molar-refractivity contribution in [2.24, 2.45) is 11.8 Å². The second-order valence-electron chi connectivity index (χ2n) is 6.52. The van der Waals surface area contributed by atoms with Crippen LogP contribution in [-0.2, 0) is 4.74 Å². The van der Waals surface area contributed by atoms with Gasteiger partial charge in [-0.1, -0.05) is 12.8 Å². The average molecular weight is 282 g/mol. The fraction of sp³-hybridized carbons (Fsp3) is 0.933. The highest BCUT2D eigenvalue weighted by molar-refractivity contribution is 5.74. The molecule has 2 amide bonds. The van der Waals surface area contributed by atoms with Crippen molar-refractivity contribution in [1.29, 1.82) is 0 Å². The summed E-state index contributed by atoms with van der Waals surface area (Å²) in [7, 11) is 0. The van der Waals surface area contributed by atoms with Crippen LogP contribution in [0.25, 0.3) is 0 Å². The minimum absolute atomic E-state index is 0.0866. The Labute approximate surface area is 120 Å². The van der Waals surface area contributed by atoms with E-state index in [-0.39, 0.29) is 36.7 Å². The minimum Gasteiger partial charge on any atom is -0.396 e. The van der Waals surface area contributed by atoms with Crippen LogP contribution in [0.3, 0.4) is 0 Å². The first-order valence-electron chi connectivity index (χ1n) is 8.07. The number of amides is 2. The minimum atomic E-state index is -0.0866. The standard InChI is InChI=1S/C15H26N2O3/c18-9-11-3-1-2-4-12(11)16-15(19)17-13-7-8-20-14(13)10-5-6-10/h10-14,18H,1-9H2,(H2,16,17,19). The van der Waals surface area contributed by atoms with Gasteiger partial charge in [0.05, 0.1) is 12.1 Å². The van der Waals surface area contributed by atoms with E-state index in [1.807, 2.05) is 0 Å². The molecule has 4 atom stereocenters. The maximum absolute atomic E-state index is 12.2. The number of urea groups is 1. The summed E-state index contributed by atoms with van der Waals surface area (Å²) in [6, 6.07) is 0.200. The van der Waals surface area contributed by atoms with Crippen molar-refractivity contribution in [3.05, 3.63) is 0 Å². The Balaban J connectivity index is 1.48. The van der Waals surface area contributed by atoms with Crippen molar-refractivity contribution >= 4 is 6.03 Å². The maximum Gasteiger partial charge on any atom is 0.315 e. The highest BCUT2D eigenvalue weighted by Gasteiger charge is 2.41. The van der Waals surface area contributed by atoms with Gasteiger partial charge in [0.2, 0.25) is 0 Å². The zero-order valence-electron chi connectivity index (χ0n) is 12.0. The maximum atomic E-state index is 12.2. The molecule has 0 aromatic heterocycles. The molecule has 0 aromatic carbocycles. The number of aliphatic hydroxyl groups is 1. The van der Waals surface area contributed by atoms with Crippen LogP contribution in [0.5, 0.6) is 0 Å². The third-order valence-electron chi connectivity index (χ3n) is 5.00. The Hall–Kier alpha value is -0.810. The lowest BCUT2D eigenvalue weighted by molar-refractivity contribution is 0.0820. The molecule has 2 saturated carbocycles. The summed E-state index contributed by atoms with van der Waals surface area (Å²) in [4.78, 5) is 12.2. The first-order valence-corrected chi connectivity index (χ1v) is 8.07. The van der Waals surface area contributed by atoms with Crippen LogP contribution < -0.4 is 10.6 Å². The first-order chi connectivity index (χ1) is 9.78. The molecule has 20 heavy (non-hydrogen) atoms. The van der Waals surface area contributed by atoms with Crippen molar-refractivity contribution in [3.8, 4) is 0 Å². The third kappa shape index (κ3) is 3.26. The summed E-state index contributed by atoms with van der Waals surface area (Å²) in [6.07, 6.45) is 7.90. The number of carbonyl (C=O) groups excluding carboxylic acids is 1. The van der Waals surface area contributed by atoms with E-state index >= 15 is 0 Å². The van der Waals surface area contributed by atoms with Gasteiger partial charge in [-0.2, -0.15) is 0 Å². The molecule has 0 bridgehead atoms. The van der Waals surface area contributed by atoms with Gasteiger partial charge >= 0.3 is 6.03 Å². The molecule has 1 heterocycles. The lowest BCUT2D eigenvalue weighted by Gasteiger charge is -2.31. The van der Waals surface area contributed by atoms with Crippen molar-refractivity contribution in [3.63, 3.8) is 0 Å². The van der Waals surface area contributed by atoms with Gasteiger partial charge in [-0.3, -0.25) is 0 Å². The lowest BCUT2D eigenvalue weighted by Crippen LogP contribution is -2.52. The number of rotatable bonds is 4. The Bertz CT molecular complexity index is 340. The van der Waals surface area contributed by atoms with Crippen molar-refractivity contribution in [2.45, 2.75) is 63.1 Å². The zero-order valence-corrected chi connectivity index (χ0v) is 12.0. The Morgan fingerprint density at radius 2 is 1.80 bits per heavy atom. The Morgan fingerprint density at radius 1 is 1.05 bits per heavy atom. The topological polar surface area (TPSA) is 70.6 Å². The highest BCUT2D eigenvalue weighted by Crippen LogP contribution is 2.38. The van der Waals surface area contributed by atoms with Crippen molar-refractivity contribution < 1.29 is 14.6 Å². The molecule has 3 N–H and O–H groups in total. The van der Waals surface area contributed by atoms with E-state index in [0.717, 1.165) is 38.7 Å². The van der Waals surface area contributed by atoms with Crippen LogP contribution in [0.1, 0.15) is 44.9 Å². The lowest BCUT2D eigenvalue weighted by atomic mass is 9.85. The van der Waals surface area contributed by atoms with Crippen LogP contribution in [-0.4, -0.2) is 42.5 Å². The second kappa shape index (κ2) is 6.31. The summed E-state index contributed by atoms with van der Waals surface area (Å²) < 4.78 is 5.74. The van der Waals surface area contributed by atoms with Gasteiger partial charge in [0.1, 0.15) is 0 Å². The molecule has 5 heteroatoms. The molecule has 5 nitrogen and oxygen atoms in total. The van der Waals surface area contributed by atoms with Crippen LogP contribution in [0.2, 0.25) is 0 Å². The summed E-state index contributed by atoms with van der Waals surface area (Å²) in [5.41, 5.74) is 0. The van der Waals surface area contributed by atoms with Gasteiger partial charge in [-0.15, -0.1) is 0 Å². The van der Waals surface area contributed by atoms with Crippen LogP contribution in [0, 0.1) is 11.8 Å². The summed E-state index contributed by atoms with van der Waals surface area (Å²) >= 11 is 0. The molecule has 3 rings (SSSR count). The predicted octanol–water partition coefficient (Wildman–Crippen LogP) is 1.40. The summed E-state index contributed by atoms with van der Waals surface area (Å²) in [5, 5.41) is 15.5. The predicted molar refractivity (Wildman–Crippen MR) is 75.4 cm³/mol. The summed E-state index contributed by atoms with van der Waals surface area (Å²) in [5.74, 6) is 0.872. The Kier molecular flexibility index (Phi) is 4.46. The molecular formula is C15H26N2O3. The molecule has 114 valence electrons. The van der Waals surface area contributed by atoms with Gasteiger partial charge in [0.25, 0.3) is 0 Å². The fourth-order valence-corrected chi connectivity index (χ4v) is 3.65. The molecule has 0 aromatic rings. The van der Waals surface area contributed by atoms with E-state index in [0.29, 0.717) is 5.92 Å². The second-order valence-corrected chi connectivity index (χ2v) is 6.52. The van der Waals surface area contributed by atoms with Gasteiger partial charge in [-0.05, 0) is 38.0 Å². The van der Waals surface area contributed by atoms with Gasteiger partial charge in [-0.25, -0.2) is 4.79 Å². The molecule has 2 aliphatic carbocycles. The van der Waals surface area contributed by atoms with E-state index in [4.69, 9.17) is 4.74 Å². The van der Waals surface area contributed by atoms with Crippen molar-refractivity contribution in [1.82, 2.24) is 10.6 Å². The number of hydrogen-bond donors (Lipinski definition) is 3. The number of aliphatic hydroxyl groups excluding tert-OH is 1. The number of ether oxygens (including phenoxy) is 1. The molecule has 1 aliphatic heterocycles. The van der Waals surface area contributed by atoms with E-state index in [9.17, 15) is 9.90 Å². The first kappa shape index (κ1) is 14.1. The highest BCUT2D eigenvalue weighted by atomic mass is 16.5. The molecular weight excluding hydrogens is 256 g/mol. The molecule has 3 fully saturated rings. The average Bonchev–Trinajstić information content (AvgIpc) is 3.20. The fourth-order valence-electron chi connectivity index (χ4n) is 3.65. The van der Waals surface area contributed by atoms with E-state index in [1.165, 1.54) is 12.8 Å². The van der Waals surface area contributed by atoms with Gasteiger partial charge in [0.15, 0.2) is 0 Å². The Morgan fingerprint density at radius 3 is 2.55 bits per heavy atom. The number of nitrogens with one attached hydrogen (secondary N) is 2. The molecule has 0 spiro atoms. The molecule has 1 saturated heterocycles.